The van der Waals surface area contributed by atoms with Gasteiger partial charge in [0.05, 0.1) is 17.0 Å². The third kappa shape index (κ3) is 2.16. The quantitative estimate of drug-likeness (QED) is 0.778. The van der Waals surface area contributed by atoms with E-state index in [1.54, 1.807) is 24.3 Å². The van der Waals surface area contributed by atoms with Crippen molar-refractivity contribution >= 4 is 33.0 Å². The number of rotatable bonds is 2. The fourth-order valence-corrected chi connectivity index (χ4v) is 3.09. The molecule has 0 aliphatic carbocycles. The van der Waals surface area contributed by atoms with E-state index < -0.39 is 10.8 Å². The maximum atomic E-state index is 12.0. The third-order valence-corrected chi connectivity index (χ3v) is 4.28. The zero-order valence-corrected chi connectivity index (χ0v) is 9.35. The lowest BCUT2D eigenvalue weighted by atomic mass is 10.3. The average molecular weight is 239 g/mol. The minimum absolute atomic E-state index is 0.425. The van der Waals surface area contributed by atoms with Crippen LogP contribution in [0.5, 0.6) is 0 Å². The molecule has 0 saturated carbocycles. The molecule has 0 saturated heterocycles. The average Bonchev–Trinajstić information content (AvgIpc) is 2.65. The SMILES string of the molecule is Nc1ccc(S(=O)c2cnc(N)s2)cc1. The smallest absolute Gasteiger partial charge is 0.181 e. The number of nitrogens with two attached hydrogens (primary N) is 2. The first-order valence-corrected chi connectivity index (χ1v) is 6.12. The molecule has 1 unspecified atom stereocenters. The molecule has 0 aliphatic heterocycles. The molecule has 2 aromatic rings. The topological polar surface area (TPSA) is 82.0 Å². The molecule has 1 atom stereocenters. The van der Waals surface area contributed by atoms with Crippen LogP contribution in [0.3, 0.4) is 0 Å². The fourth-order valence-electron chi connectivity index (χ4n) is 1.07. The van der Waals surface area contributed by atoms with Crippen LogP contribution < -0.4 is 11.5 Å². The van der Waals surface area contributed by atoms with Crippen LogP contribution in [0.2, 0.25) is 0 Å². The number of hydrogen-bond acceptors (Lipinski definition) is 5. The molecule has 0 aliphatic rings. The van der Waals surface area contributed by atoms with Gasteiger partial charge in [0, 0.05) is 10.6 Å². The molecule has 6 heteroatoms. The summed E-state index contributed by atoms with van der Waals surface area (Å²) in [6.45, 7) is 0. The van der Waals surface area contributed by atoms with E-state index in [4.69, 9.17) is 11.5 Å². The Kier molecular flexibility index (Phi) is 2.70. The van der Waals surface area contributed by atoms with Crippen molar-refractivity contribution in [2.24, 2.45) is 0 Å². The summed E-state index contributed by atoms with van der Waals surface area (Å²) < 4.78 is 12.6. The molecule has 2 rings (SSSR count). The van der Waals surface area contributed by atoms with Gasteiger partial charge < -0.3 is 11.5 Å². The Labute approximate surface area is 93.4 Å². The largest absolute Gasteiger partial charge is 0.399 e. The maximum Gasteiger partial charge on any atom is 0.181 e. The zero-order valence-electron chi connectivity index (χ0n) is 7.71. The second kappa shape index (κ2) is 4.00. The van der Waals surface area contributed by atoms with Crippen molar-refractivity contribution in [3.63, 3.8) is 0 Å². The van der Waals surface area contributed by atoms with E-state index in [1.807, 2.05) is 0 Å². The highest BCUT2D eigenvalue weighted by atomic mass is 32.2. The molecule has 4 N–H and O–H groups in total. The summed E-state index contributed by atoms with van der Waals surface area (Å²) in [7, 11) is -1.21. The van der Waals surface area contributed by atoms with Crippen molar-refractivity contribution in [3.05, 3.63) is 30.5 Å². The monoisotopic (exact) mass is 239 g/mol. The molecule has 1 heterocycles. The van der Waals surface area contributed by atoms with Gasteiger partial charge in [-0.3, -0.25) is 0 Å². The van der Waals surface area contributed by atoms with Crippen molar-refractivity contribution in [1.29, 1.82) is 0 Å². The Morgan fingerprint density at radius 3 is 2.40 bits per heavy atom. The predicted molar refractivity (Wildman–Crippen MR) is 62.1 cm³/mol. The summed E-state index contributed by atoms with van der Waals surface area (Å²) in [5.41, 5.74) is 11.7. The Balaban J connectivity index is 2.32. The van der Waals surface area contributed by atoms with Crippen LogP contribution in [-0.4, -0.2) is 9.19 Å². The van der Waals surface area contributed by atoms with E-state index in [0.29, 0.717) is 19.9 Å². The second-order valence-electron chi connectivity index (χ2n) is 2.86. The number of hydrogen-bond donors (Lipinski definition) is 2. The lowest BCUT2D eigenvalue weighted by molar-refractivity contribution is 0.684. The van der Waals surface area contributed by atoms with Gasteiger partial charge in [-0.25, -0.2) is 9.19 Å². The van der Waals surface area contributed by atoms with Crippen LogP contribution in [0.25, 0.3) is 0 Å². The highest BCUT2D eigenvalue weighted by Gasteiger charge is 2.09. The Bertz CT molecular complexity index is 492. The molecule has 78 valence electrons. The predicted octanol–water partition coefficient (Wildman–Crippen LogP) is 1.47. The molecule has 1 aromatic heterocycles. The summed E-state index contributed by atoms with van der Waals surface area (Å²) in [4.78, 5) is 4.56. The molecule has 0 bridgehead atoms. The molecule has 0 fully saturated rings. The molecule has 15 heavy (non-hydrogen) atoms. The molecular formula is C9H9N3OS2. The second-order valence-corrected chi connectivity index (χ2v) is 5.62. The van der Waals surface area contributed by atoms with Crippen molar-refractivity contribution in [2.75, 3.05) is 11.5 Å². The molecule has 4 nitrogen and oxygen atoms in total. The van der Waals surface area contributed by atoms with Crippen molar-refractivity contribution in [1.82, 2.24) is 4.98 Å². The molecule has 0 spiro atoms. The van der Waals surface area contributed by atoms with Gasteiger partial charge in [0.15, 0.2) is 5.13 Å². The van der Waals surface area contributed by atoms with Crippen molar-refractivity contribution in [3.8, 4) is 0 Å². The van der Waals surface area contributed by atoms with Crippen LogP contribution in [0.4, 0.5) is 10.8 Å². The Morgan fingerprint density at radius 2 is 1.87 bits per heavy atom. The van der Waals surface area contributed by atoms with Crippen LogP contribution >= 0.6 is 11.3 Å². The highest BCUT2D eigenvalue weighted by molar-refractivity contribution is 7.87. The Morgan fingerprint density at radius 1 is 1.20 bits per heavy atom. The standard InChI is InChI=1S/C9H9N3OS2/c10-6-1-3-7(4-2-6)15(13)8-5-12-9(11)14-8/h1-5H,10H2,(H2,11,12). The van der Waals surface area contributed by atoms with Gasteiger partial charge in [0.2, 0.25) is 0 Å². The maximum absolute atomic E-state index is 12.0. The Hall–Kier alpha value is -1.40. The van der Waals surface area contributed by atoms with E-state index in [0.717, 1.165) is 0 Å². The van der Waals surface area contributed by atoms with Gasteiger partial charge in [-0.05, 0) is 24.3 Å². The van der Waals surface area contributed by atoms with E-state index in [-0.39, 0.29) is 0 Å². The number of nitrogen functional groups attached to an aromatic ring is 2. The minimum atomic E-state index is -1.21. The first-order chi connectivity index (χ1) is 7.16. The number of anilines is 2. The van der Waals surface area contributed by atoms with Gasteiger partial charge in [-0.1, -0.05) is 11.3 Å². The van der Waals surface area contributed by atoms with Gasteiger partial charge >= 0.3 is 0 Å². The third-order valence-electron chi connectivity index (χ3n) is 1.78. The van der Waals surface area contributed by atoms with Crippen molar-refractivity contribution < 1.29 is 4.21 Å². The summed E-state index contributed by atoms with van der Waals surface area (Å²) in [5.74, 6) is 0. The first-order valence-electron chi connectivity index (χ1n) is 4.15. The van der Waals surface area contributed by atoms with Crippen LogP contribution in [0.15, 0.2) is 39.6 Å². The van der Waals surface area contributed by atoms with E-state index >= 15 is 0 Å². The molecular weight excluding hydrogens is 230 g/mol. The summed E-state index contributed by atoms with van der Waals surface area (Å²) in [6.07, 6.45) is 1.53. The lowest BCUT2D eigenvalue weighted by Gasteiger charge is -1.98. The lowest BCUT2D eigenvalue weighted by Crippen LogP contribution is -1.91. The van der Waals surface area contributed by atoms with E-state index in [9.17, 15) is 4.21 Å². The number of thiazole rings is 1. The number of aromatic nitrogens is 1. The number of nitrogens with zero attached hydrogens (tertiary/aromatic N) is 1. The highest BCUT2D eigenvalue weighted by Crippen LogP contribution is 2.23. The van der Waals surface area contributed by atoms with Gasteiger partial charge in [-0.15, -0.1) is 0 Å². The van der Waals surface area contributed by atoms with E-state index in [2.05, 4.69) is 4.98 Å². The number of benzene rings is 1. The molecule has 0 radical (unpaired) electrons. The van der Waals surface area contributed by atoms with Gasteiger partial charge in [0.1, 0.15) is 4.21 Å². The molecule has 0 amide bonds. The van der Waals surface area contributed by atoms with Crippen molar-refractivity contribution in [2.45, 2.75) is 9.10 Å². The fraction of sp³-hybridized carbons (Fsp3) is 0. The summed E-state index contributed by atoms with van der Waals surface area (Å²) >= 11 is 1.23. The molecule has 1 aromatic carbocycles. The van der Waals surface area contributed by atoms with Crippen LogP contribution in [-0.2, 0) is 10.8 Å². The minimum Gasteiger partial charge on any atom is -0.399 e. The normalized spacial score (nSPS) is 12.5. The van der Waals surface area contributed by atoms with Crippen LogP contribution in [0.1, 0.15) is 0 Å². The summed E-state index contributed by atoms with van der Waals surface area (Å²) in [6, 6.07) is 6.91. The summed E-state index contributed by atoms with van der Waals surface area (Å²) in [5, 5.41) is 0.425. The van der Waals surface area contributed by atoms with E-state index in [1.165, 1.54) is 17.5 Å². The first kappa shape index (κ1) is 10.1. The zero-order chi connectivity index (χ0) is 10.8. The van der Waals surface area contributed by atoms with Crippen LogP contribution in [0, 0.1) is 0 Å². The van der Waals surface area contributed by atoms with Gasteiger partial charge in [-0.2, -0.15) is 0 Å². The van der Waals surface area contributed by atoms with Gasteiger partial charge in [0.25, 0.3) is 0 Å².